The third-order valence-electron chi connectivity index (χ3n) is 3.98. The molecule has 0 aromatic carbocycles. The van der Waals surface area contributed by atoms with E-state index in [1.54, 1.807) is 14.1 Å². The normalized spacial score (nSPS) is 12.2. The van der Waals surface area contributed by atoms with Gasteiger partial charge < -0.3 is 15.5 Å². The number of nitrogens with zero attached hydrogens (tertiary/aromatic N) is 4. The Labute approximate surface area is 174 Å². The summed E-state index contributed by atoms with van der Waals surface area (Å²) in [5.74, 6) is 0.577. The van der Waals surface area contributed by atoms with Gasteiger partial charge in [-0.1, -0.05) is 12.2 Å². The SMILES string of the molecule is C=C(C)CNC(=NCC(=O)N(C)C)NC(C)Cc1c(C)nn(C)c1C.I. The summed E-state index contributed by atoms with van der Waals surface area (Å²) in [4.78, 5) is 17.7. The zero-order valence-corrected chi connectivity index (χ0v) is 19.3. The molecule has 0 saturated carbocycles. The van der Waals surface area contributed by atoms with Gasteiger partial charge in [-0.15, -0.1) is 24.0 Å². The molecule has 8 heteroatoms. The molecule has 1 heterocycles. The van der Waals surface area contributed by atoms with Gasteiger partial charge in [0.15, 0.2) is 5.96 Å². The molecule has 1 aromatic rings. The molecule has 1 atom stereocenters. The van der Waals surface area contributed by atoms with Crippen LogP contribution in [-0.4, -0.2) is 59.8 Å². The average Bonchev–Trinajstić information content (AvgIpc) is 2.75. The molecule has 0 aliphatic carbocycles. The first-order valence-electron chi connectivity index (χ1n) is 8.50. The molecule has 0 aliphatic heterocycles. The van der Waals surface area contributed by atoms with Gasteiger partial charge in [-0.05, 0) is 39.7 Å². The van der Waals surface area contributed by atoms with E-state index in [9.17, 15) is 4.79 Å². The molecule has 0 spiro atoms. The molecular weight excluding hydrogens is 443 g/mol. The van der Waals surface area contributed by atoms with E-state index >= 15 is 0 Å². The highest BCUT2D eigenvalue weighted by Gasteiger charge is 2.14. The molecule has 0 fully saturated rings. The van der Waals surface area contributed by atoms with Crippen molar-refractivity contribution in [1.82, 2.24) is 25.3 Å². The van der Waals surface area contributed by atoms with E-state index in [1.807, 2.05) is 25.6 Å². The van der Waals surface area contributed by atoms with Gasteiger partial charge in [-0.25, -0.2) is 4.99 Å². The van der Waals surface area contributed by atoms with Crippen LogP contribution in [0.3, 0.4) is 0 Å². The van der Waals surface area contributed by atoms with Crippen molar-refractivity contribution in [2.45, 2.75) is 40.2 Å². The Morgan fingerprint density at radius 3 is 2.46 bits per heavy atom. The number of hydrogen-bond donors (Lipinski definition) is 2. The van der Waals surface area contributed by atoms with Gasteiger partial charge in [0.2, 0.25) is 5.91 Å². The van der Waals surface area contributed by atoms with Crippen LogP contribution >= 0.6 is 24.0 Å². The van der Waals surface area contributed by atoms with Crippen LogP contribution in [0.4, 0.5) is 0 Å². The molecule has 1 aromatic heterocycles. The monoisotopic (exact) mass is 476 g/mol. The Bertz CT molecular complexity index is 650. The van der Waals surface area contributed by atoms with Crippen molar-refractivity contribution in [3.8, 4) is 0 Å². The van der Waals surface area contributed by atoms with Crippen LogP contribution < -0.4 is 10.6 Å². The minimum absolute atomic E-state index is 0. The van der Waals surface area contributed by atoms with Crippen molar-refractivity contribution < 1.29 is 4.79 Å². The molecule has 7 nitrogen and oxygen atoms in total. The third kappa shape index (κ3) is 7.76. The summed E-state index contributed by atoms with van der Waals surface area (Å²) >= 11 is 0. The maximum Gasteiger partial charge on any atom is 0.243 e. The smallest absolute Gasteiger partial charge is 0.243 e. The Morgan fingerprint density at radius 2 is 2.00 bits per heavy atom. The zero-order valence-electron chi connectivity index (χ0n) is 17.0. The lowest BCUT2D eigenvalue weighted by Gasteiger charge is -2.19. The number of guanidine groups is 1. The first-order valence-corrected chi connectivity index (χ1v) is 8.50. The van der Waals surface area contributed by atoms with Crippen molar-refractivity contribution >= 4 is 35.8 Å². The molecule has 1 unspecified atom stereocenters. The number of carbonyl (C=O) groups excluding carboxylic acids is 1. The maximum absolute atomic E-state index is 11.8. The van der Waals surface area contributed by atoms with Crippen molar-refractivity contribution in [2.24, 2.45) is 12.0 Å². The van der Waals surface area contributed by atoms with Gasteiger partial charge in [0, 0.05) is 39.4 Å². The standard InChI is InChI=1S/C18H32N6O.HI/c1-12(2)10-19-18(20-11-17(25)23(6)7)21-13(3)9-16-14(4)22-24(8)15(16)5;/h13H,1,9-11H2,2-8H3,(H2,19,20,21);1H. The lowest BCUT2D eigenvalue weighted by Crippen LogP contribution is -2.44. The first-order chi connectivity index (χ1) is 11.6. The fourth-order valence-electron chi connectivity index (χ4n) is 2.38. The quantitative estimate of drug-likeness (QED) is 0.273. The average molecular weight is 476 g/mol. The summed E-state index contributed by atoms with van der Waals surface area (Å²) in [5.41, 5.74) is 4.46. The van der Waals surface area contributed by atoms with Gasteiger partial charge in [-0.3, -0.25) is 9.48 Å². The Hall–Kier alpha value is -1.58. The number of nitrogens with one attached hydrogen (secondary N) is 2. The van der Waals surface area contributed by atoms with Gasteiger partial charge >= 0.3 is 0 Å². The first kappa shape index (κ1) is 24.4. The van der Waals surface area contributed by atoms with E-state index in [0.717, 1.165) is 17.7 Å². The minimum Gasteiger partial charge on any atom is -0.354 e. The summed E-state index contributed by atoms with van der Waals surface area (Å²) in [6, 6.07) is 0.146. The van der Waals surface area contributed by atoms with Crippen molar-refractivity contribution in [3.05, 3.63) is 29.1 Å². The van der Waals surface area contributed by atoms with E-state index in [4.69, 9.17) is 0 Å². The summed E-state index contributed by atoms with van der Waals surface area (Å²) in [7, 11) is 5.41. The molecule has 1 rings (SSSR count). The van der Waals surface area contributed by atoms with Crippen LogP contribution in [0.2, 0.25) is 0 Å². The number of rotatable bonds is 7. The number of hydrogen-bond acceptors (Lipinski definition) is 3. The number of amides is 1. The van der Waals surface area contributed by atoms with Crippen molar-refractivity contribution in [2.75, 3.05) is 27.2 Å². The van der Waals surface area contributed by atoms with Gasteiger partial charge in [-0.2, -0.15) is 5.10 Å². The third-order valence-corrected chi connectivity index (χ3v) is 3.98. The Kier molecular flexibility index (Phi) is 10.5. The molecule has 2 N–H and O–H groups in total. The van der Waals surface area contributed by atoms with E-state index < -0.39 is 0 Å². The second-order valence-electron chi connectivity index (χ2n) is 6.79. The molecule has 148 valence electrons. The summed E-state index contributed by atoms with van der Waals surface area (Å²) in [6.45, 7) is 12.8. The number of carbonyl (C=O) groups is 1. The highest BCUT2D eigenvalue weighted by molar-refractivity contribution is 14.0. The lowest BCUT2D eigenvalue weighted by molar-refractivity contribution is -0.127. The zero-order chi connectivity index (χ0) is 19.1. The fraction of sp³-hybridized carbons (Fsp3) is 0.611. The lowest BCUT2D eigenvalue weighted by atomic mass is 10.1. The van der Waals surface area contributed by atoms with Crippen LogP contribution in [0.25, 0.3) is 0 Å². The highest BCUT2D eigenvalue weighted by atomic mass is 127. The molecule has 0 saturated heterocycles. The van der Waals surface area contributed by atoms with Crippen LogP contribution in [0.1, 0.15) is 30.8 Å². The molecular formula is C18H33IN6O. The largest absolute Gasteiger partial charge is 0.354 e. The van der Waals surface area contributed by atoms with Crippen LogP contribution in [0.15, 0.2) is 17.1 Å². The Morgan fingerprint density at radius 1 is 1.38 bits per heavy atom. The number of aryl methyl sites for hydroxylation is 2. The van der Waals surface area contributed by atoms with E-state index in [0.29, 0.717) is 12.5 Å². The summed E-state index contributed by atoms with van der Waals surface area (Å²) < 4.78 is 1.90. The predicted octanol–water partition coefficient (Wildman–Crippen LogP) is 1.79. The van der Waals surface area contributed by atoms with E-state index in [-0.39, 0.29) is 42.5 Å². The van der Waals surface area contributed by atoms with E-state index in [1.165, 1.54) is 16.2 Å². The highest BCUT2D eigenvalue weighted by Crippen LogP contribution is 2.14. The number of likely N-dealkylation sites (N-methyl/N-ethyl adjacent to an activating group) is 1. The topological polar surface area (TPSA) is 74.6 Å². The second-order valence-corrected chi connectivity index (χ2v) is 6.79. The number of aromatic nitrogens is 2. The second kappa shape index (κ2) is 11.2. The number of aliphatic imine (C=N–C) groups is 1. The van der Waals surface area contributed by atoms with Gasteiger partial charge in [0.25, 0.3) is 0 Å². The van der Waals surface area contributed by atoms with Crippen molar-refractivity contribution in [3.63, 3.8) is 0 Å². The maximum atomic E-state index is 11.8. The summed E-state index contributed by atoms with van der Waals surface area (Å²) in [6.07, 6.45) is 0.834. The molecule has 0 radical (unpaired) electrons. The van der Waals surface area contributed by atoms with Gasteiger partial charge in [0.05, 0.1) is 5.69 Å². The molecule has 0 bridgehead atoms. The number of halogens is 1. The molecule has 26 heavy (non-hydrogen) atoms. The van der Waals surface area contributed by atoms with E-state index in [2.05, 4.69) is 41.2 Å². The molecule has 1 amide bonds. The minimum atomic E-state index is -0.0389. The van der Waals surface area contributed by atoms with Crippen molar-refractivity contribution in [1.29, 1.82) is 0 Å². The fourth-order valence-corrected chi connectivity index (χ4v) is 2.38. The van der Waals surface area contributed by atoms with Crippen LogP contribution in [0, 0.1) is 13.8 Å². The summed E-state index contributed by atoms with van der Waals surface area (Å²) in [5, 5.41) is 11.0. The van der Waals surface area contributed by atoms with Crippen LogP contribution in [0.5, 0.6) is 0 Å². The molecule has 0 aliphatic rings. The van der Waals surface area contributed by atoms with Crippen LogP contribution in [-0.2, 0) is 18.3 Å². The Balaban J connectivity index is 0.00000625. The van der Waals surface area contributed by atoms with Gasteiger partial charge in [0.1, 0.15) is 6.54 Å². The predicted molar refractivity (Wildman–Crippen MR) is 118 cm³/mol.